The Balaban J connectivity index is 1.49. The summed E-state index contributed by atoms with van der Waals surface area (Å²) in [6, 6.07) is 14.8. The molecule has 0 saturated carbocycles. The maximum absolute atomic E-state index is 11.8. The third kappa shape index (κ3) is 4.01. The van der Waals surface area contributed by atoms with Crippen molar-refractivity contribution in [1.82, 2.24) is 9.97 Å². The summed E-state index contributed by atoms with van der Waals surface area (Å²) in [6.07, 6.45) is 3.10. The minimum atomic E-state index is -3.22. The van der Waals surface area contributed by atoms with Crippen LogP contribution in [0, 0.1) is 0 Å². The maximum atomic E-state index is 11.8. The summed E-state index contributed by atoms with van der Waals surface area (Å²) in [5.74, 6) is 1.56. The largest absolute Gasteiger partial charge is 0.399 e. The van der Waals surface area contributed by atoms with Crippen LogP contribution in [-0.2, 0) is 21.1 Å². The average molecular weight is 452 g/mol. The number of morpholine rings is 1. The molecule has 2 aliphatic heterocycles. The van der Waals surface area contributed by atoms with E-state index in [0.717, 1.165) is 35.7 Å². The normalized spacial score (nSPS) is 18.2. The molecule has 3 heterocycles. The topological polar surface area (TPSA) is 102 Å². The number of rotatable bonds is 4. The molecule has 9 heteroatoms. The Bertz CT molecular complexity index is 1230. The molecule has 1 fully saturated rings. The van der Waals surface area contributed by atoms with Gasteiger partial charge in [-0.1, -0.05) is 12.1 Å². The van der Waals surface area contributed by atoms with Crippen LogP contribution >= 0.6 is 0 Å². The number of anilines is 3. The molecule has 2 N–H and O–H groups in total. The van der Waals surface area contributed by atoms with E-state index in [0.29, 0.717) is 36.2 Å². The van der Waals surface area contributed by atoms with Crippen molar-refractivity contribution in [2.75, 3.05) is 48.1 Å². The summed E-state index contributed by atoms with van der Waals surface area (Å²) >= 11 is 0. The first kappa shape index (κ1) is 20.7. The number of ether oxygens (including phenoxy) is 1. The molecule has 5 rings (SSSR count). The SMILES string of the molecule is CS(=O)(=O)c1ccc(CN2CC3COCCN3c3nc(-c4ccc(N)cc4)ncc32)cc1. The predicted octanol–water partition coefficient (Wildman–Crippen LogP) is 2.35. The molecule has 1 unspecified atom stereocenters. The molecule has 166 valence electrons. The molecular weight excluding hydrogens is 426 g/mol. The van der Waals surface area contributed by atoms with E-state index >= 15 is 0 Å². The second kappa shape index (κ2) is 8.07. The van der Waals surface area contributed by atoms with Crippen molar-refractivity contribution in [3.63, 3.8) is 0 Å². The summed E-state index contributed by atoms with van der Waals surface area (Å²) in [7, 11) is -3.22. The van der Waals surface area contributed by atoms with Gasteiger partial charge < -0.3 is 20.3 Å². The molecule has 32 heavy (non-hydrogen) atoms. The molecule has 1 saturated heterocycles. The molecule has 0 aliphatic carbocycles. The lowest BCUT2D eigenvalue weighted by molar-refractivity contribution is 0.0936. The van der Waals surface area contributed by atoms with Crippen LogP contribution in [0.5, 0.6) is 0 Å². The van der Waals surface area contributed by atoms with E-state index in [2.05, 4.69) is 14.8 Å². The zero-order valence-electron chi connectivity index (χ0n) is 17.8. The fourth-order valence-electron chi connectivity index (χ4n) is 4.22. The van der Waals surface area contributed by atoms with Crippen LogP contribution in [0.1, 0.15) is 5.56 Å². The van der Waals surface area contributed by atoms with E-state index in [-0.39, 0.29) is 6.04 Å². The van der Waals surface area contributed by atoms with Crippen LogP contribution < -0.4 is 15.5 Å². The van der Waals surface area contributed by atoms with Crippen molar-refractivity contribution in [2.45, 2.75) is 17.5 Å². The highest BCUT2D eigenvalue weighted by Crippen LogP contribution is 2.36. The Morgan fingerprint density at radius 3 is 2.59 bits per heavy atom. The Kier molecular flexibility index (Phi) is 5.22. The highest BCUT2D eigenvalue weighted by Gasteiger charge is 2.34. The van der Waals surface area contributed by atoms with Crippen molar-refractivity contribution < 1.29 is 13.2 Å². The number of aromatic nitrogens is 2. The van der Waals surface area contributed by atoms with E-state index in [9.17, 15) is 8.42 Å². The van der Waals surface area contributed by atoms with Gasteiger partial charge in [0.15, 0.2) is 21.5 Å². The predicted molar refractivity (Wildman–Crippen MR) is 124 cm³/mol. The number of benzene rings is 2. The first-order valence-electron chi connectivity index (χ1n) is 10.5. The van der Waals surface area contributed by atoms with Crippen molar-refractivity contribution >= 4 is 27.0 Å². The zero-order valence-corrected chi connectivity index (χ0v) is 18.6. The van der Waals surface area contributed by atoms with Crippen molar-refractivity contribution in [1.29, 1.82) is 0 Å². The highest BCUT2D eigenvalue weighted by molar-refractivity contribution is 7.90. The van der Waals surface area contributed by atoms with E-state index in [1.54, 1.807) is 12.1 Å². The summed E-state index contributed by atoms with van der Waals surface area (Å²) in [5, 5.41) is 0. The minimum absolute atomic E-state index is 0.195. The van der Waals surface area contributed by atoms with Crippen LogP contribution in [0.2, 0.25) is 0 Å². The quantitative estimate of drug-likeness (QED) is 0.603. The van der Waals surface area contributed by atoms with E-state index < -0.39 is 9.84 Å². The fourth-order valence-corrected chi connectivity index (χ4v) is 4.85. The third-order valence-corrected chi connectivity index (χ3v) is 7.04. The van der Waals surface area contributed by atoms with Crippen LogP contribution in [0.15, 0.2) is 59.6 Å². The molecule has 1 atom stereocenters. The lowest BCUT2D eigenvalue weighted by atomic mass is 10.1. The van der Waals surface area contributed by atoms with Gasteiger partial charge in [-0.05, 0) is 42.0 Å². The van der Waals surface area contributed by atoms with Gasteiger partial charge in [0.1, 0.15) is 0 Å². The molecule has 0 spiro atoms. The monoisotopic (exact) mass is 451 g/mol. The molecular formula is C23H25N5O3S. The van der Waals surface area contributed by atoms with Gasteiger partial charge in [0, 0.05) is 37.1 Å². The highest BCUT2D eigenvalue weighted by atomic mass is 32.2. The Hall–Kier alpha value is -3.17. The van der Waals surface area contributed by atoms with E-state index in [1.807, 2.05) is 42.6 Å². The molecule has 3 aromatic rings. The van der Waals surface area contributed by atoms with Crippen molar-refractivity contribution in [3.8, 4) is 11.4 Å². The summed E-state index contributed by atoms with van der Waals surface area (Å²) in [5.41, 5.74) is 9.43. The molecule has 1 aromatic heterocycles. The van der Waals surface area contributed by atoms with Crippen LogP contribution in [-0.4, -0.2) is 57.0 Å². The standard InChI is InChI=1S/C23H25N5O3S/c1-32(29,30)20-8-2-16(3-9-20)13-27-14-19-15-31-11-10-28(19)23-21(27)12-25-22(26-23)17-4-6-18(24)7-5-17/h2-9,12,19H,10-11,13-15,24H2,1H3. The van der Waals surface area contributed by atoms with Gasteiger partial charge in [-0.15, -0.1) is 0 Å². The van der Waals surface area contributed by atoms with Crippen molar-refractivity contribution in [2.24, 2.45) is 0 Å². The molecule has 2 aromatic carbocycles. The van der Waals surface area contributed by atoms with Gasteiger partial charge in [-0.3, -0.25) is 0 Å². The van der Waals surface area contributed by atoms with E-state index in [4.69, 9.17) is 15.5 Å². The van der Waals surface area contributed by atoms with Gasteiger partial charge >= 0.3 is 0 Å². The van der Waals surface area contributed by atoms with Gasteiger partial charge in [0.25, 0.3) is 0 Å². The molecule has 0 radical (unpaired) electrons. The Morgan fingerprint density at radius 1 is 1.12 bits per heavy atom. The molecule has 0 bridgehead atoms. The third-order valence-electron chi connectivity index (χ3n) is 5.92. The summed E-state index contributed by atoms with van der Waals surface area (Å²) in [4.78, 5) is 14.4. The second-order valence-corrected chi connectivity index (χ2v) is 10.3. The lowest BCUT2D eigenvalue weighted by Gasteiger charge is -2.45. The number of hydrogen-bond donors (Lipinski definition) is 1. The second-order valence-electron chi connectivity index (χ2n) is 8.24. The first-order chi connectivity index (χ1) is 15.4. The number of nitrogens with two attached hydrogens (primary N) is 1. The molecule has 2 aliphatic rings. The fraction of sp³-hybridized carbons (Fsp3) is 0.304. The van der Waals surface area contributed by atoms with Gasteiger partial charge in [0.05, 0.1) is 36.0 Å². The van der Waals surface area contributed by atoms with Gasteiger partial charge in [-0.25, -0.2) is 18.4 Å². The summed E-state index contributed by atoms with van der Waals surface area (Å²) in [6.45, 7) is 3.51. The Labute approximate surface area is 187 Å². The first-order valence-corrected chi connectivity index (χ1v) is 12.4. The van der Waals surface area contributed by atoms with Crippen LogP contribution in [0.4, 0.5) is 17.2 Å². The minimum Gasteiger partial charge on any atom is -0.399 e. The number of hydrogen-bond acceptors (Lipinski definition) is 8. The zero-order chi connectivity index (χ0) is 22.3. The number of nitrogen functional groups attached to an aromatic ring is 1. The molecule has 8 nitrogen and oxygen atoms in total. The number of fused-ring (bicyclic) bond motifs is 3. The van der Waals surface area contributed by atoms with Crippen molar-refractivity contribution in [3.05, 3.63) is 60.3 Å². The number of sulfone groups is 1. The number of nitrogens with zero attached hydrogens (tertiary/aromatic N) is 4. The smallest absolute Gasteiger partial charge is 0.175 e. The maximum Gasteiger partial charge on any atom is 0.175 e. The summed E-state index contributed by atoms with van der Waals surface area (Å²) < 4.78 is 29.3. The van der Waals surface area contributed by atoms with Crippen LogP contribution in [0.3, 0.4) is 0 Å². The van der Waals surface area contributed by atoms with Crippen LogP contribution in [0.25, 0.3) is 11.4 Å². The average Bonchev–Trinajstić information content (AvgIpc) is 2.79. The lowest BCUT2D eigenvalue weighted by Crippen LogP contribution is -2.55. The molecule has 0 amide bonds. The Morgan fingerprint density at radius 2 is 1.88 bits per heavy atom. The van der Waals surface area contributed by atoms with Gasteiger partial charge in [-0.2, -0.15) is 0 Å². The van der Waals surface area contributed by atoms with Gasteiger partial charge in [0.2, 0.25) is 0 Å². The van der Waals surface area contributed by atoms with E-state index in [1.165, 1.54) is 6.26 Å².